The zero-order valence-corrected chi connectivity index (χ0v) is 13.7. The number of hydrogen-bond donors (Lipinski definition) is 2. The van der Waals surface area contributed by atoms with Crippen LogP contribution in [0.5, 0.6) is 0 Å². The molecule has 2 aromatic rings. The van der Waals surface area contributed by atoms with Gasteiger partial charge in [-0.15, -0.1) is 0 Å². The summed E-state index contributed by atoms with van der Waals surface area (Å²) in [5.74, 6) is -0.338. The van der Waals surface area contributed by atoms with Crippen molar-refractivity contribution in [2.24, 2.45) is 5.73 Å². The predicted molar refractivity (Wildman–Crippen MR) is 93.0 cm³/mol. The molecule has 0 fully saturated rings. The summed E-state index contributed by atoms with van der Waals surface area (Å²) >= 11 is 0. The average molecular weight is 326 g/mol. The van der Waals surface area contributed by atoms with Gasteiger partial charge in [0, 0.05) is 12.5 Å². The normalized spacial score (nSPS) is 17.8. The molecule has 2 atom stereocenters. The first-order valence-electron chi connectivity index (χ1n) is 8.49. The highest BCUT2D eigenvalue weighted by molar-refractivity contribution is 5.77. The third-order valence-corrected chi connectivity index (χ3v) is 4.59. The molecule has 0 unspecified atom stereocenters. The number of hydrogen-bond acceptors (Lipinski definition) is 2. The second-order valence-electron chi connectivity index (χ2n) is 6.47. The summed E-state index contributed by atoms with van der Waals surface area (Å²) in [5, 5.41) is 3.09. The van der Waals surface area contributed by atoms with Gasteiger partial charge in [0.1, 0.15) is 5.82 Å². The van der Waals surface area contributed by atoms with E-state index in [1.165, 1.54) is 17.2 Å². The van der Waals surface area contributed by atoms with E-state index in [9.17, 15) is 9.18 Å². The largest absolute Gasteiger partial charge is 0.349 e. The highest BCUT2D eigenvalue weighted by Gasteiger charge is 2.22. The van der Waals surface area contributed by atoms with Gasteiger partial charge in [-0.2, -0.15) is 0 Å². The fourth-order valence-corrected chi connectivity index (χ4v) is 3.41. The van der Waals surface area contributed by atoms with Crippen LogP contribution in [0.2, 0.25) is 0 Å². The number of fused-ring (bicyclic) bond motifs is 1. The lowest BCUT2D eigenvalue weighted by Gasteiger charge is -2.26. The van der Waals surface area contributed by atoms with Crippen LogP contribution >= 0.6 is 0 Å². The smallest absolute Gasteiger partial charge is 0.222 e. The van der Waals surface area contributed by atoms with E-state index in [1.807, 2.05) is 12.1 Å². The number of carbonyl (C=O) groups excluding carboxylic acids is 1. The molecule has 0 saturated heterocycles. The molecule has 0 spiro atoms. The van der Waals surface area contributed by atoms with Gasteiger partial charge in [-0.25, -0.2) is 4.39 Å². The van der Waals surface area contributed by atoms with Crippen LogP contribution in [-0.4, -0.2) is 11.9 Å². The van der Waals surface area contributed by atoms with Crippen LogP contribution in [0.15, 0.2) is 48.5 Å². The Labute approximate surface area is 142 Å². The van der Waals surface area contributed by atoms with E-state index in [4.69, 9.17) is 5.73 Å². The fraction of sp³-hybridized carbons (Fsp3) is 0.350. The molecule has 3 rings (SSSR count). The molecule has 24 heavy (non-hydrogen) atoms. The Morgan fingerprint density at radius 1 is 1.21 bits per heavy atom. The van der Waals surface area contributed by atoms with Crippen molar-refractivity contribution in [2.75, 3.05) is 0 Å². The summed E-state index contributed by atoms with van der Waals surface area (Å²) in [4.78, 5) is 12.3. The van der Waals surface area contributed by atoms with Crippen LogP contribution in [0.4, 0.5) is 4.39 Å². The minimum absolute atomic E-state index is 0.0584. The summed E-state index contributed by atoms with van der Waals surface area (Å²) in [5.41, 5.74) is 9.12. The van der Waals surface area contributed by atoms with Crippen LogP contribution in [0.3, 0.4) is 0 Å². The van der Waals surface area contributed by atoms with E-state index in [0.29, 0.717) is 12.0 Å². The van der Waals surface area contributed by atoms with Gasteiger partial charge in [0.05, 0.1) is 6.04 Å². The van der Waals surface area contributed by atoms with Gasteiger partial charge in [0.2, 0.25) is 5.91 Å². The van der Waals surface area contributed by atoms with Crippen molar-refractivity contribution in [1.82, 2.24) is 5.32 Å². The first-order valence-corrected chi connectivity index (χ1v) is 8.49. The first kappa shape index (κ1) is 16.7. The Bertz CT molecular complexity index is 716. The van der Waals surface area contributed by atoms with Gasteiger partial charge in [-0.1, -0.05) is 42.5 Å². The van der Waals surface area contributed by atoms with E-state index < -0.39 is 0 Å². The Kier molecular flexibility index (Phi) is 5.26. The number of carbonyl (C=O) groups is 1. The minimum Gasteiger partial charge on any atom is -0.349 e. The van der Waals surface area contributed by atoms with Gasteiger partial charge >= 0.3 is 0 Å². The molecule has 2 aromatic carbocycles. The monoisotopic (exact) mass is 326 g/mol. The van der Waals surface area contributed by atoms with Crippen molar-refractivity contribution in [3.05, 3.63) is 71.0 Å². The number of benzene rings is 2. The maximum atomic E-state index is 13.7. The zero-order chi connectivity index (χ0) is 16.9. The molecule has 3 nitrogen and oxygen atoms in total. The van der Waals surface area contributed by atoms with Crippen LogP contribution in [-0.2, 0) is 17.6 Å². The first-order chi connectivity index (χ1) is 11.6. The summed E-state index contributed by atoms with van der Waals surface area (Å²) < 4.78 is 13.7. The predicted octanol–water partition coefficient (Wildman–Crippen LogP) is 3.28. The molecule has 4 heteroatoms. The zero-order valence-electron chi connectivity index (χ0n) is 13.7. The summed E-state index contributed by atoms with van der Waals surface area (Å²) in [6, 6.07) is 14.5. The van der Waals surface area contributed by atoms with E-state index in [1.54, 1.807) is 18.2 Å². The Morgan fingerprint density at radius 2 is 1.96 bits per heavy atom. The fourth-order valence-electron chi connectivity index (χ4n) is 3.41. The van der Waals surface area contributed by atoms with Gasteiger partial charge < -0.3 is 11.1 Å². The SMILES string of the molecule is N[C@@H](CC(=O)N[C@H]1CCCc2ccccc21)Cc1ccccc1F. The molecular weight excluding hydrogens is 303 g/mol. The van der Waals surface area contributed by atoms with Gasteiger partial charge in [0.25, 0.3) is 0 Å². The number of amides is 1. The molecule has 126 valence electrons. The third kappa shape index (κ3) is 4.01. The van der Waals surface area contributed by atoms with Crippen molar-refractivity contribution in [2.45, 2.75) is 44.2 Å². The van der Waals surface area contributed by atoms with E-state index >= 15 is 0 Å². The Morgan fingerprint density at radius 3 is 2.79 bits per heavy atom. The second kappa shape index (κ2) is 7.58. The lowest BCUT2D eigenvalue weighted by atomic mass is 9.87. The third-order valence-electron chi connectivity index (χ3n) is 4.59. The van der Waals surface area contributed by atoms with Crippen molar-refractivity contribution >= 4 is 5.91 Å². The van der Waals surface area contributed by atoms with Crippen LogP contribution in [0.1, 0.15) is 42.0 Å². The number of rotatable bonds is 5. The maximum absolute atomic E-state index is 13.7. The topological polar surface area (TPSA) is 55.1 Å². The van der Waals surface area contributed by atoms with Crippen molar-refractivity contribution in [3.63, 3.8) is 0 Å². The molecule has 0 saturated carbocycles. The van der Waals surface area contributed by atoms with E-state index in [-0.39, 0.29) is 30.2 Å². The maximum Gasteiger partial charge on any atom is 0.222 e. The summed E-state index contributed by atoms with van der Waals surface area (Å²) in [6.07, 6.45) is 3.65. The van der Waals surface area contributed by atoms with Crippen LogP contribution in [0, 0.1) is 5.82 Å². The summed E-state index contributed by atoms with van der Waals surface area (Å²) in [7, 11) is 0. The lowest BCUT2D eigenvalue weighted by molar-refractivity contribution is -0.122. The minimum atomic E-state index is -0.388. The number of aryl methyl sites for hydroxylation is 1. The van der Waals surface area contributed by atoms with Crippen molar-refractivity contribution in [3.8, 4) is 0 Å². The molecular formula is C20H23FN2O. The van der Waals surface area contributed by atoms with Crippen LogP contribution < -0.4 is 11.1 Å². The van der Waals surface area contributed by atoms with Crippen molar-refractivity contribution in [1.29, 1.82) is 0 Å². The summed E-state index contributed by atoms with van der Waals surface area (Å²) in [6.45, 7) is 0. The van der Waals surface area contributed by atoms with Gasteiger partial charge in [-0.3, -0.25) is 4.79 Å². The van der Waals surface area contributed by atoms with E-state index in [0.717, 1.165) is 19.3 Å². The Hall–Kier alpha value is -2.20. The molecule has 0 heterocycles. The number of halogens is 1. The molecule has 0 aliphatic heterocycles. The molecule has 0 radical (unpaired) electrons. The molecule has 1 aliphatic rings. The number of nitrogens with one attached hydrogen (secondary N) is 1. The van der Waals surface area contributed by atoms with E-state index in [2.05, 4.69) is 17.4 Å². The average Bonchev–Trinajstić information content (AvgIpc) is 2.57. The highest BCUT2D eigenvalue weighted by atomic mass is 19.1. The Balaban J connectivity index is 1.57. The van der Waals surface area contributed by atoms with Gasteiger partial charge in [-0.05, 0) is 48.4 Å². The quantitative estimate of drug-likeness (QED) is 0.886. The standard InChI is InChI=1S/C20H23FN2O/c21-18-10-4-2-7-15(18)12-16(22)13-20(24)23-19-11-5-8-14-6-1-3-9-17(14)19/h1-4,6-7,9-10,16,19H,5,8,11-13,22H2,(H,23,24)/t16-,19+/m1/s1. The molecule has 0 bridgehead atoms. The lowest BCUT2D eigenvalue weighted by Crippen LogP contribution is -2.36. The second-order valence-corrected chi connectivity index (χ2v) is 6.47. The molecule has 1 amide bonds. The van der Waals surface area contributed by atoms with Crippen LogP contribution in [0.25, 0.3) is 0 Å². The molecule has 1 aliphatic carbocycles. The molecule has 3 N–H and O–H groups in total. The van der Waals surface area contributed by atoms with Crippen molar-refractivity contribution < 1.29 is 9.18 Å². The highest BCUT2D eigenvalue weighted by Crippen LogP contribution is 2.29. The molecule has 0 aromatic heterocycles. The number of nitrogens with two attached hydrogens (primary N) is 1. The van der Waals surface area contributed by atoms with Gasteiger partial charge in [0.15, 0.2) is 0 Å².